The molecule has 0 saturated heterocycles. The van der Waals surface area contributed by atoms with Crippen LogP contribution in [0.15, 0.2) is 24.3 Å². The van der Waals surface area contributed by atoms with Gasteiger partial charge in [-0.25, -0.2) is 0 Å². The highest BCUT2D eigenvalue weighted by atomic mass is 16.5. The van der Waals surface area contributed by atoms with Gasteiger partial charge in [0.25, 0.3) is 0 Å². The number of nitrogens with one attached hydrogen (secondary N) is 1. The fourth-order valence-electron chi connectivity index (χ4n) is 2.92. The number of methoxy groups -OCH3 is 1. The van der Waals surface area contributed by atoms with E-state index in [0.717, 1.165) is 12.3 Å². The molecule has 2 heteroatoms. The predicted octanol–water partition coefficient (Wildman–Crippen LogP) is 3.19. The van der Waals surface area contributed by atoms with Gasteiger partial charge in [0.2, 0.25) is 0 Å². The maximum Gasteiger partial charge on any atom is 0.118 e. The SMILES string of the molecule is CCNC1CC(c2ccc(OC)cc2)C1(C)C. The number of benzene rings is 1. The molecule has 1 aliphatic rings. The second kappa shape index (κ2) is 4.69. The van der Waals surface area contributed by atoms with E-state index in [9.17, 15) is 0 Å². The van der Waals surface area contributed by atoms with E-state index in [1.165, 1.54) is 12.0 Å². The summed E-state index contributed by atoms with van der Waals surface area (Å²) in [5, 5.41) is 3.57. The van der Waals surface area contributed by atoms with Gasteiger partial charge in [0.1, 0.15) is 5.75 Å². The van der Waals surface area contributed by atoms with Crippen molar-refractivity contribution in [3.8, 4) is 5.75 Å². The Morgan fingerprint density at radius 1 is 1.29 bits per heavy atom. The molecule has 0 aliphatic heterocycles. The van der Waals surface area contributed by atoms with Crippen molar-refractivity contribution in [3.05, 3.63) is 29.8 Å². The van der Waals surface area contributed by atoms with Crippen LogP contribution < -0.4 is 10.1 Å². The molecule has 1 saturated carbocycles. The van der Waals surface area contributed by atoms with E-state index in [0.29, 0.717) is 17.4 Å². The molecule has 2 rings (SSSR count). The maximum atomic E-state index is 5.20. The van der Waals surface area contributed by atoms with E-state index in [-0.39, 0.29) is 0 Å². The summed E-state index contributed by atoms with van der Waals surface area (Å²) >= 11 is 0. The highest BCUT2D eigenvalue weighted by Crippen LogP contribution is 2.52. The van der Waals surface area contributed by atoms with E-state index in [4.69, 9.17) is 4.74 Å². The van der Waals surface area contributed by atoms with Crippen LogP contribution in [0.3, 0.4) is 0 Å². The fourth-order valence-corrected chi connectivity index (χ4v) is 2.92. The molecular formula is C15H23NO. The molecule has 0 radical (unpaired) electrons. The van der Waals surface area contributed by atoms with Crippen molar-refractivity contribution in [1.82, 2.24) is 5.32 Å². The fraction of sp³-hybridized carbons (Fsp3) is 0.600. The van der Waals surface area contributed by atoms with Crippen molar-refractivity contribution in [2.45, 2.75) is 39.2 Å². The van der Waals surface area contributed by atoms with Crippen LogP contribution in [0.25, 0.3) is 0 Å². The first-order valence-corrected chi connectivity index (χ1v) is 6.47. The summed E-state index contributed by atoms with van der Waals surface area (Å²) in [5.74, 6) is 1.60. The molecule has 0 spiro atoms. The van der Waals surface area contributed by atoms with Gasteiger partial charge < -0.3 is 10.1 Å². The summed E-state index contributed by atoms with van der Waals surface area (Å²) in [5.41, 5.74) is 1.79. The van der Waals surface area contributed by atoms with Gasteiger partial charge in [0, 0.05) is 6.04 Å². The largest absolute Gasteiger partial charge is 0.497 e. The topological polar surface area (TPSA) is 21.3 Å². The van der Waals surface area contributed by atoms with Gasteiger partial charge in [-0.1, -0.05) is 32.9 Å². The molecular weight excluding hydrogens is 210 g/mol. The van der Waals surface area contributed by atoms with Gasteiger partial charge in [0.15, 0.2) is 0 Å². The van der Waals surface area contributed by atoms with Crippen LogP contribution in [0.2, 0.25) is 0 Å². The number of rotatable bonds is 4. The van der Waals surface area contributed by atoms with Crippen molar-refractivity contribution in [2.75, 3.05) is 13.7 Å². The lowest BCUT2D eigenvalue weighted by Crippen LogP contribution is -2.55. The predicted molar refractivity (Wildman–Crippen MR) is 71.6 cm³/mol. The van der Waals surface area contributed by atoms with Gasteiger partial charge in [-0.3, -0.25) is 0 Å². The van der Waals surface area contributed by atoms with Crippen molar-refractivity contribution in [1.29, 1.82) is 0 Å². The Bertz CT molecular complexity index is 369. The quantitative estimate of drug-likeness (QED) is 0.862. The Balaban J connectivity index is 2.09. The number of hydrogen-bond acceptors (Lipinski definition) is 2. The zero-order valence-electron chi connectivity index (χ0n) is 11.3. The average molecular weight is 233 g/mol. The van der Waals surface area contributed by atoms with Crippen LogP contribution in [0.1, 0.15) is 38.7 Å². The zero-order chi connectivity index (χ0) is 12.5. The molecule has 94 valence electrons. The minimum Gasteiger partial charge on any atom is -0.497 e. The lowest BCUT2D eigenvalue weighted by atomic mass is 9.56. The summed E-state index contributed by atoms with van der Waals surface area (Å²) in [4.78, 5) is 0. The molecule has 17 heavy (non-hydrogen) atoms. The smallest absolute Gasteiger partial charge is 0.118 e. The number of ether oxygens (including phenoxy) is 1. The van der Waals surface area contributed by atoms with E-state index >= 15 is 0 Å². The molecule has 1 aromatic rings. The first kappa shape index (κ1) is 12.4. The van der Waals surface area contributed by atoms with E-state index in [2.05, 4.69) is 50.4 Å². The molecule has 1 aliphatic carbocycles. The highest BCUT2D eigenvalue weighted by molar-refractivity contribution is 5.33. The van der Waals surface area contributed by atoms with Crippen LogP contribution in [-0.4, -0.2) is 19.7 Å². The summed E-state index contributed by atoms with van der Waals surface area (Å²) in [6, 6.07) is 9.18. The third-order valence-corrected chi connectivity index (χ3v) is 4.24. The van der Waals surface area contributed by atoms with Crippen LogP contribution in [0, 0.1) is 5.41 Å². The van der Waals surface area contributed by atoms with E-state index < -0.39 is 0 Å². The van der Waals surface area contributed by atoms with E-state index in [1.54, 1.807) is 7.11 Å². The van der Waals surface area contributed by atoms with Gasteiger partial charge >= 0.3 is 0 Å². The van der Waals surface area contributed by atoms with Crippen LogP contribution >= 0.6 is 0 Å². The van der Waals surface area contributed by atoms with Crippen molar-refractivity contribution in [3.63, 3.8) is 0 Å². The Labute approximate surface area is 104 Å². The van der Waals surface area contributed by atoms with Gasteiger partial charge in [-0.15, -0.1) is 0 Å². The van der Waals surface area contributed by atoms with Crippen LogP contribution in [-0.2, 0) is 0 Å². The van der Waals surface area contributed by atoms with Gasteiger partial charge in [-0.2, -0.15) is 0 Å². The minimum atomic E-state index is 0.352. The lowest BCUT2D eigenvalue weighted by Gasteiger charge is -2.53. The Hall–Kier alpha value is -1.02. The monoisotopic (exact) mass is 233 g/mol. The van der Waals surface area contributed by atoms with Crippen LogP contribution in [0.4, 0.5) is 0 Å². The Morgan fingerprint density at radius 3 is 2.41 bits per heavy atom. The average Bonchev–Trinajstić information content (AvgIpc) is 2.34. The maximum absolute atomic E-state index is 5.20. The van der Waals surface area contributed by atoms with Crippen molar-refractivity contribution >= 4 is 0 Å². The molecule has 1 N–H and O–H groups in total. The first-order valence-electron chi connectivity index (χ1n) is 6.47. The lowest BCUT2D eigenvalue weighted by molar-refractivity contribution is 0.0706. The molecule has 2 nitrogen and oxygen atoms in total. The standard InChI is InChI=1S/C15H23NO/c1-5-16-14-10-13(15(14,2)3)11-6-8-12(17-4)9-7-11/h6-9,13-14,16H,5,10H2,1-4H3. The van der Waals surface area contributed by atoms with Crippen molar-refractivity contribution < 1.29 is 4.74 Å². The molecule has 0 heterocycles. The molecule has 2 unspecified atom stereocenters. The summed E-state index contributed by atoms with van der Waals surface area (Å²) in [6.07, 6.45) is 1.24. The van der Waals surface area contributed by atoms with Crippen molar-refractivity contribution in [2.24, 2.45) is 5.41 Å². The Kier molecular flexibility index (Phi) is 3.43. The minimum absolute atomic E-state index is 0.352. The third-order valence-electron chi connectivity index (χ3n) is 4.24. The Morgan fingerprint density at radius 2 is 1.94 bits per heavy atom. The first-order chi connectivity index (χ1) is 8.09. The molecule has 1 aromatic carbocycles. The molecule has 0 amide bonds. The normalized spacial score (nSPS) is 26.4. The molecule has 0 bridgehead atoms. The summed E-state index contributed by atoms with van der Waals surface area (Å²) < 4.78 is 5.20. The second-order valence-electron chi connectivity index (χ2n) is 5.49. The second-order valence-corrected chi connectivity index (χ2v) is 5.49. The zero-order valence-corrected chi connectivity index (χ0v) is 11.3. The highest BCUT2D eigenvalue weighted by Gasteiger charge is 2.47. The molecule has 1 fully saturated rings. The molecule has 0 aromatic heterocycles. The van der Waals surface area contributed by atoms with E-state index in [1.807, 2.05) is 0 Å². The van der Waals surface area contributed by atoms with Crippen LogP contribution in [0.5, 0.6) is 5.75 Å². The summed E-state index contributed by atoms with van der Waals surface area (Å²) in [6.45, 7) is 7.96. The molecule has 2 atom stereocenters. The van der Waals surface area contributed by atoms with Gasteiger partial charge in [0.05, 0.1) is 7.11 Å². The summed E-state index contributed by atoms with van der Waals surface area (Å²) in [7, 11) is 1.71. The number of hydrogen-bond donors (Lipinski definition) is 1. The third kappa shape index (κ3) is 2.19. The van der Waals surface area contributed by atoms with Gasteiger partial charge in [-0.05, 0) is 42.0 Å².